The Morgan fingerprint density at radius 1 is 1.29 bits per heavy atom. The van der Waals surface area contributed by atoms with Crippen molar-refractivity contribution in [2.75, 3.05) is 6.66 Å². The van der Waals surface area contributed by atoms with Crippen molar-refractivity contribution in [2.45, 2.75) is 76.8 Å². The number of rotatable bonds is 12. The van der Waals surface area contributed by atoms with Gasteiger partial charge in [0.1, 0.15) is 11.6 Å². The Morgan fingerprint density at radius 3 is 2.63 bits per heavy atom. The third kappa shape index (κ3) is 6.92. The summed E-state index contributed by atoms with van der Waals surface area (Å²) >= 11 is 0. The lowest BCUT2D eigenvalue weighted by Crippen LogP contribution is -2.38. The first kappa shape index (κ1) is 30.5. The van der Waals surface area contributed by atoms with Crippen molar-refractivity contribution in [1.82, 2.24) is 4.98 Å². The van der Waals surface area contributed by atoms with E-state index in [4.69, 9.17) is 18.5 Å². The van der Waals surface area contributed by atoms with E-state index >= 15 is 4.39 Å². The lowest BCUT2D eigenvalue weighted by molar-refractivity contribution is -0.0462. The molecule has 1 fully saturated rings. The largest absolute Gasteiger partial charge is 0.463 e. The summed E-state index contributed by atoms with van der Waals surface area (Å²) in [7, 11) is -9.28. The molecule has 2 aromatic rings. The van der Waals surface area contributed by atoms with Crippen molar-refractivity contribution in [3.8, 4) is 5.75 Å². The fourth-order valence-electron chi connectivity index (χ4n) is 4.23. The highest BCUT2D eigenvalue weighted by atomic mass is 31.2. The number of hydrogen-bond donors (Lipinski definition) is 2. The molecule has 210 valence electrons. The van der Waals surface area contributed by atoms with Crippen LogP contribution in [0.1, 0.15) is 68.9 Å². The Balaban J connectivity index is 1.75. The Kier molecular flexibility index (Phi) is 9.96. The van der Waals surface area contributed by atoms with E-state index in [2.05, 4.69) is 18.5 Å². The monoisotopic (exact) mass is 571 g/mol. The van der Waals surface area contributed by atoms with Crippen LogP contribution in [0.2, 0.25) is 0 Å². The quantitative estimate of drug-likeness (QED) is 0.161. The molecule has 0 amide bonds. The van der Waals surface area contributed by atoms with Crippen molar-refractivity contribution in [3.63, 3.8) is 0 Å². The maximum absolute atomic E-state index is 15.2. The first-order valence-corrected chi connectivity index (χ1v) is 16.2. The molecule has 1 aromatic heterocycles. The van der Waals surface area contributed by atoms with Crippen LogP contribution in [0.4, 0.5) is 4.39 Å². The smallest absolute Gasteiger partial charge is 0.372 e. The van der Waals surface area contributed by atoms with Gasteiger partial charge in [0, 0.05) is 37.1 Å². The van der Waals surface area contributed by atoms with E-state index in [0.29, 0.717) is 5.56 Å². The highest BCUT2D eigenvalue weighted by Crippen LogP contribution is 2.79. The highest BCUT2D eigenvalue weighted by Gasteiger charge is 2.65. The molecule has 9 nitrogen and oxygen atoms in total. The molecule has 2 N–H and O–H groups in total. The third-order valence-electron chi connectivity index (χ3n) is 6.38. The van der Waals surface area contributed by atoms with Gasteiger partial charge in [0.2, 0.25) is 18.7 Å². The second-order valence-corrected chi connectivity index (χ2v) is 14.6. The van der Waals surface area contributed by atoms with Crippen molar-refractivity contribution < 1.29 is 42.0 Å². The molecule has 2 heterocycles. The van der Waals surface area contributed by atoms with Crippen LogP contribution in [0.3, 0.4) is 0 Å². The van der Waals surface area contributed by atoms with E-state index in [-0.39, 0.29) is 28.9 Å². The molecular weight excluding hydrogens is 535 g/mol. The predicted molar refractivity (Wildman–Crippen MR) is 141 cm³/mol. The van der Waals surface area contributed by atoms with Gasteiger partial charge in [-0.1, -0.05) is 32.3 Å². The topological polar surface area (TPSA) is 124 Å². The normalized spacial score (nSPS) is 28.0. The molecule has 5 atom stereocenters. The molecule has 3 rings (SSSR count). The van der Waals surface area contributed by atoms with Crippen LogP contribution in [0, 0.1) is 12.7 Å². The highest BCUT2D eigenvalue weighted by molar-refractivity contribution is 7.76. The van der Waals surface area contributed by atoms with E-state index < -0.39 is 38.6 Å². The molecule has 1 aliphatic rings. The average Bonchev–Trinajstić information content (AvgIpc) is 2.80. The van der Waals surface area contributed by atoms with Crippen molar-refractivity contribution >= 4 is 15.0 Å². The number of nitrogens with zero attached hydrogens (tertiary/aromatic N) is 1. The zero-order chi connectivity index (χ0) is 28.1. The van der Waals surface area contributed by atoms with Gasteiger partial charge in [-0.05, 0) is 56.5 Å². The first-order chi connectivity index (χ1) is 17.8. The number of aromatic nitrogens is 1. The molecule has 12 heteroatoms. The summed E-state index contributed by atoms with van der Waals surface area (Å²) in [6.45, 7) is 10.3. The third-order valence-corrected chi connectivity index (χ3v) is 11.8. The summed E-state index contributed by atoms with van der Waals surface area (Å²) in [5.74, 6) is -0.797. The number of unbranched alkanes of at least 4 members (excludes halogenated alkanes) is 3. The van der Waals surface area contributed by atoms with Crippen LogP contribution in [0.15, 0.2) is 49.2 Å². The van der Waals surface area contributed by atoms with E-state index in [9.17, 15) is 19.1 Å². The molecule has 0 bridgehead atoms. The summed E-state index contributed by atoms with van der Waals surface area (Å²) in [6, 6.07) is 5.58. The predicted octanol–water partition coefficient (Wildman–Crippen LogP) is 6.78. The van der Waals surface area contributed by atoms with Gasteiger partial charge >= 0.3 is 7.60 Å². The number of halogens is 1. The summed E-state index contributed by atoms with van der Waals surface area (Å²) in [4.78, 5) is 14.6. The standard InChI is InChI=1S/C26H36FNO8P2/c1-6-7-8-9-11-19(3)33-20(4)34-22-14-18(2)24(23(27)15-22)25-35-37(5,30)26(29,38(31,32)36-25)16-21-12-10-13-28-17-21/h10,12-15,17,19,25,29H,4,6-9,11,16H2,1-3,5H3,(H,31,32). The van der Waals surface area contributed by atoms with Gasteiger partial charge in [0.25, 0.3) is 5.95 Å². The molecule has 0 saturated carbocycles. The average molecular weight is 572 g/mol. The zero-order valence-corrected chi connectivity index (χ0v) is 23.9. The molecule has 0 aliphatic carbocycles. The maximum atomic E-state index is 15.2. The number of benzene rings is 1. The van der Waals surface area contributed by atoms with E-state index in [1.165, 1.54) is 25.4 Å². The second-order valence-electron chi connectivity index (χ2n) is 9.61. The minimum atomic E-state index is -5.01. The molecular formula is C26H36FNO8P2. The first-order valence-electron chi connectivity index (χ1n) is 12.5. The van der Waals surface area contributed by atoms with Crippen molar-refractivity contribution in [1.29, 1.82) is 0 Å². The molecule has 0 radical (unpaired) electrons. The second kappa shape index (κ2) is 12.4. The van der Waals surface area contributed by atoms with Gasteiger partial charge in [-0.3, -0.25) is 23.2 Å². The minimum absolute atomic E-state index is 0.00286. The summed E-state index contributed by atoms with van der Waals surface area (Å²) in [6.07, 6.45) is 5.66. The summed E-state index contributed by atoms with van der Waals surface area (Å²) < 4.78 is 63.8. The Morgan fingerprint density at radius 2 is 2.03 bits per heavy atom. The van der Waals surface area contributed by atoms with Crippen LogP contribution in [-0.4, -0.2) is 32.8 Å². The van der Waals surface area contributed by atoms with Gasteiger partial charge < -0.3 is 19.5 Å². The van der Waals surface area contributed by atoms with Gasteiger partial charge in [0.15, 0.2) is 0 Å². The van der Waals surface area contributed by atoms with Crippen LogP contribution in [0.25, 0.3) is 0 Å². The van der Waals surface area contributed by atoms with Crippen LogP contribution in [0.5, 0.6) is 5.75 Å². The van der Waals surface area contributed by atoms with E-state index in [1.54, 1.807) is 12.1 Å². The lowest BCUT2D eigenvalue weighted by atomic mass is 10.1. The Labute approximate surface area is 223 Å². The van der Waals surface area contributed by atoms with Crippen LogP contribution >= 0.6 is 15.0 Å². The minimum Gasteiger partial charge on any atom is -0.463 e. The van der Waals surface area contributed by atoms with Gasteiger partial charge in [-0.25, -0.2) is 4.39 Å². The van der Waals surface area contributed by atoms with Crippen LogP contribution < -0.4 is 4.74 Å². The van der Waals surface area contributed by atoms with Gasteiger partial charge in [-0.15, -0.1) is 0 Å². The van der Waals surface area contributed by atoms with Crippen molar-refractivity contribution in [3.05, 3.63) is 71.7 Å². The molecule has 5 unspecified atom stereocenters. The lowest BCUT2D eigenvalue weighted by Gasteiger charge is -2.43. The molecule has 1 aromatic carbocycles. The summed E-state index contributed by atoms with van der Waals surface area (Å²) in [5.41, 5.74) is 0.342. The molecule has 0 spiro atoms. The number of aliphatic hydroxyl groups is 1. The van der Waals surface area contributed by atoms with Gasteiger partial charge in [-0.2, -0.15) is 0 Å². The van der Waals surface area contributed by atoms with E-state index in [1.807, 2.05) is 6.92 Å². The summed E-state index contributed by atoms with van der Waals surface area (Å²) in [5, 5.41) is 8.35. The SMILES string of the molecule is C=C(Oc1cc(C)c(C2OP(C)(=O)C(O)(Cc3cccnc3)P(=O)(O)O2)c(F)c1)OC(C)CCCCCC. The molecule has 38 heavy (non-hydrogen) atoms. The number of hydrogen-bond acceptors (Lipinski definition) is 8. The number of pyridine rings is 1. The van der Waals surface area contributed by atoms with Crippen molar-refractivity contribution in [2.24, 2.45) is 0 Å². The van der Waals surface area contributed by atoms with E-state index in [0.717, 1.165) is 44.8 Å². The number of ether oxygens (including phenoxy) is 2. The fraction of sp³-hybridized carbons (Fsp3) is 0.500. The Bertz CT molecular complexity index is 1180. The maximum Gasteiger partial charge on any atom is 0.372 e. The number of aryl methyl sites for hydroxylation is 1. The Hall–Kier alpha value is -2.06. The van der Waals surface area contributed by atoms with Gasteiger partial charge in [0.05, 0.1) is 6.10 Å². The fourth-order valence-corrected chi connectivity index (χ4v) is 8.53. The zero-order valence-electron chi connectivity index (χ0n) is 22.1. The molecule has 1 saturated heterocycles. The molecule has 1 aliphatic heterocycles. The van der Waals surface area contributed by atoms with Crippen LogP contribution in [-0.2, 0) is 29.3 Å².